The van der Waals surface area contributed by atoms with Crippen LogP contribution in [0.1, 0.15) is 52.4 Å². The lowest BCUT2D eigenvalue weighted by Gasteiger charge is -2.18. The van der Waals surface area contributed by atoms with Gasteiger partial charge in [0.05, 0.1) is 6.42 Å². The number of urea groups is 1. The second kappa shape index (κ2) is 9.93. The summed E-state index contributed by atoms with van der Waals surface area (Å²) in [5.41, 5.74) is 0. The Balaban J connectivity index is 3.81. The molecule has 0 aromatic carbocycles. The Kier molecular flexibility index (Phi) is 9.19. The molecule has 0 spiro atoms. The fraction of sp³-hybridized carbons (Fsp3) is 0.833. The van der Waals surface area contributed by atoms with E-state index in [1.165, 1.54) is 0 Å². The zero-order valence-corrected chi connectivity index (χ0v) is 10.8. The maximum Gasteiger partial charge on any atom is 0.315 e. The van der Waals surface area contributed by atoms with Gasteiger partial charge < -0.3 is 15.7 Å². The topological polar surface area (TPSA) is 78.4 Å². The van der Waals surface area contributed by atoms with Crippen molar-refractivity contribution in [3.8, 4) is 0 Å². The summed E-state index contributed by atoms with van der Waals surface area (Å²) >= 11 is 0. The van der Waals surface area contributed by atoms with Crippen molar-refractivity contribution in [1.29, 1.82) is 0 Å². The summed E-state index contributed by atoms with van der Waals surface area (Å²) in [5, 5.41) is 13.9. The third kappa shape index (κ3) is 9.66. The van der Waals surface area contributed by atoms with E-state index in [1.807, 2.05) is 0 Å². The largest absolute Gasteiger partial charge is 0.481 e. The smallest absolute Gasteiger partial charge is 0.315 e. The summed E-state index contributed by atoms with van der Waals surface area (Å²) in [6.07, 6.45) is 5.15. The lowest BCUT2D eigenvalue weighted by atomic mass is 10.1. The van der Waals surface area contributed by atoms with Gasteiger partial charge in [-0.1, -0.05) is 33.1 Å². The van der Waals surface area contributed by atoms with Gasteiger partial charge in [-0.3, -0.25) is 4.79 Å². The van der Waals surface area contributed by atoms with E-state index in [2.05, 4.69) is 24.5 Å². The Morgan fingerprint density at radius 2 is 1.88 bits per heavy atom. The summed E-state index contributed by atoms with van der Waals surface area (Å²) in [4.78, 5) is 21.7. The van der Waals surface area contributed by atoms with Crippen LogP contribution in [0.2, 0.25) is 0 Å². The van der Waals surface area contributed by atoms with Crippen LogP contribution in [0.3, 0.4) is 0 Å². The fourth-order valence-corrected chi connectivity index (χ4v) is 1.61. The van der Waals surface area contributed by atoms with Crippen molar-refractivity contribution in [2.75, 3.05) is 6.54 Å². The molecule has 3 N–H and O–H groups in total. The van der Waals surface area contributed by atoms with Gasteiger partial charge in [-0.2, -0.15) is 0 Å². The molecule has 0 bridgehead atoms. The molecule has 17 heavy (non-hydrogen) atoms. The Hall–Kier alpha value is -1.26. The molecule has 0 heterocycles. The molecule has 0 saturated carbocycles. The molecule has 0 radical (unpaired) electrons. The molecule has 0 aliphatic heterocycles. The first-order chi connectivity index (χ1) is 8.10. The summed E-state index contributed by atoms with van der Waals surface area (Å²) in [5.74, 6) is -0.901. The van der Waals surface area contributed by atoms with Crippen LogP contribution in [0.25, 0.3) is 0 Å². The molecule has 0 saturated heterocycles. The standard InChI is InChI=1S/C12H24N2O3/c1-3-5-7-10(6-4-2)14-12(17)13-9-8-11(15)16/h10H,3-9H2,1-2H3,(H,15,16)(H2,13,14,17). The summed E-state index contributed by atoms with van der Waals surface area (Å²) in [7, 11) is 0. The molecule has 5 heteroatoms. The van der Waals surface area contributed by atoms with E-state index in [9.17, 15) is 9.59 Å². The molecule has 0 aliphatic rings. The molecule has 0 aromatic rings. The molecule has 0 rings (SSSR count). The van der Waals surface area contributed by atoms with Crippen LogP contribution in [0.5, 0.6) is 0 Å². The fourth-order valence-electron chi connectivity index (χ4n) is 1.61. The van der Waals surface area contributed by atoms with Crippen LogP contribution >= 0.6 is 0 Å². The highest BCUT2D eigenvalue weighted by atomic mass is 16.4. The highest BCUT2D eigenvalue weighted by Crippen LogP contribution is 2.06. The van der Waals surface area contributed by atoms with E-state index < -0.39 is 5.97 Å². The number of carboxylic acids is 1. The van der Waals surface area contributed by atoms with Crippen LogP contribution in [-0.4, -0.2) is 29.7 Å². The first-order valence-electron chi connectivity index (χ1n) is 6.36. The number of hydrogen-bond acceptors (Lipinski definition) is 2. The lowest BCUT2D eigenvalue weighted by Crippen LogP contribution is -2.42. The first kappa shape index (κ1) is 15.7. The van der Waals surface area contributed by atoms with Crippen molar-refractivity contribution < 1.29 is 14.7 Å². The van der Waals surface area contributed by atoms with Gasteiger partial charge in [0.2, 0.25) is 0 Å². The number of hydrogen-bond donors (Lipinski definition) is 3. The van der Waals surface area contributed by atoms with Crippen molar-refractivity contribution in [3.63, 3.8) is 0 Å². The number of rotatable bonds is 9. The number of aliphatic carboxylic acids is 1. The SMILES string of the molecule is CCCCC(CCC)NC(=O)NCCC(=O)O. The summed E-state index contributed by atoms with van der Waals surface area (Å²) in [6, 6.07) is -0.0643. The molecule has 1 unspecified atom stereocenters. The number of carboxylic acid groups (broad SMARTS) is 1. The zero-order valence-electron chi connectivity index (χ0n) is 10.8. The monoisotopic (exact) mass is 244 g/mol. The van der Waals surface area contributed by atoms with Gasteiger partial charge in [0, 0.05) is 12.6 Å². The Morgan fingerprint density at radius 1 is 1.18 bits per heavy atom. The second-order valence-electron chi connectivity index (χ2n) is 4.17. The van der Waals surface area contributed by atoms with Gasteiger partial charge in [0.15, 0.2) is 0 Å². The van der Waals surface area contributed by atoms with E-state index in [4.69, 9.17) is 5.11 Å². The van der Waals surface area contributed by atoms with Crippen molar-refractivity contribution >= 4 is 12.0 Å². The van der Waals surface area contributed by atoms with Gasteiger partial charge in [-0.25, -0.2) is 4.79 Å². The third-order valence-electron chi connectivity index (χ3n) is 2.50. The predicted octanol–water partition coefficient (Wildman–Crippen LogP) is 2.12. The number of unbranched alkanes of at least 4 members (excludes halogenated alkanes) is 1. The van der Waals surface area contributed by atoms with Crippen LogP contribution in [0.4, 0.5) is 4.79 Å². The number of carbonyl (C=O) groups is 2. The van der Waals surface area contributed by atoms with Gasteiger partial charge >= 0.3 is 12.0 Å². The summed E-state index contributed by atoms with van der Waals surface area (Å²) in [6.45, 7) is 4.38. The van der Waals surface area contributed by atoms with Crippen LogP contribution in [0.15, 0.2) is 0 Å². The van der Waals surface area contributed by atoms with E-state index in [0.717, 1.165) is 32.1 Å². The lowest BCUT2D eigenvalue weighted by molar-refractivity contribution is -0.136. The molecular formula is C12H24N2O3. The predicted molar refractivity (Wildman–Crippen MR) is 67.0 cm³/mol. The third-order valence-corrected chi connectivity index (χ3v) is 2.50. The average Bonchev–Trinajstić information content (AvgIpc) is 2.25. The van der Waals surface area contributed by atoms with Gasteiger partial charge in [0.1, 0.15) is 0 Å². The molecule has 0 aliphatic carbocycles. The minimum absolute atomic E-state index is 0.0408. The van der Waals surface area contributed by atoms with E-state index in [-0.39, 0.29) is 25.0 Å². The number of carbonyl (C=O) groups excluding carboxylic acids is 1. The molecule has 1 atom stereocenters. The average molecular weight is 244 g/mol. The zero-order chi connectivity index (χ0) is 13.1. The Morgan fingerprint density at radius 3 is 2.41 bits per heavy atom. The summed E-state index contributed by atoms with van der Waals surface area (Å²) < 4.78 is 0. The molecule has 100 valence electrons. The van der Waals surface area contributed by atoms with E-state index >= 15 is 0 Å². The van der Waals surface area contributed by atoms with Crippen molar-refractivity contribution in [2.45, 2.75) is 58.4 Å². The Labute approximate surface area is 103 Å². The maximum atomic E-state index is 11.5. The normalized spacial score (nSPS) is 11.9. The van der Waals surface area contributed by atoms with E-state index in [0.29, 0.717) is 0 Å². The molecule has 2 amide bonds. The molecule has 5 nitrogen and oxygen atoms in total. The number of amides is 2. The first-order valence-corrected chi connectivity index (χ1v) is 6.36. The quantitative estimate of drug-likeness (QED) is 0.581. The van der Waals surface area contributed by atoms with Gasteiger partial charge in [0.25, 0.3) is 0 Å². The highest BCUT2D eigenvalue weighted by Gasteiger charge is 2.10. The number of nitrogens with one attached hydrogen (secondary N) is 2. The van der Waals surface area contributed by atoms with Crippen LogP contribution in [0, 0.1) is 0 Å². The van der Waals surface area contributed by atoms with E-state index in [1.54, 1.807) is 0 Å². The minimum Gasteiger partial charge on any atom is -0.481 e. The van der Waals surface area contributed by atoms with Crippen molar-refractivity contribution in [1.82, 2.24) is 10.6 Å². The Bertz CT molecular complexity index is 232. The molecule has 0 aromatic heterocycles. The molecular weight excluding hydrogens is 220 g/mol. The maximum absolute atomic E-state index is 11.5. The van der Waals surface area contributed by atoms with Crippen molar-refractivity contribution in [2.24, 2.45) is 0 Å². The van der Waals surface area contributed by atoms with Crippen LogP contribution < -0.4 is 10.6 Å². The van der Waals surface area contributed by atoms with Crippen LogP contribution in [-0.2, 0) is 4.79 Å². The minimum atomic E-state index is -0.901. The van der Waals surface area contributed by atoms with Gasteiger partial charge in [-0.05, 0) is 12.8 Å². The highest BCUT2D eigenvalue weighted by molar-refractivity contribution is 5.75. The van der Waals surface area contributed by atoms with Crippen molar-refractivity contribution in [3.05, 3.63) is 0 Å². The molecule has 0 fully saturated rings. The van der Waals surface area contributed by atoms with Gasteiger partial charge in [-0.15, -0.1) is 0 Å². The second-order valence-corrected chi connectivity index (χ2v) is 4.17.